The van der Waals surface area contributed by atoms with Crippen LogP contribution in [-0.4, -0.2) is 65.1 Å². The van der Waals surface area contributed by atoms with E-state index in [0.29, 0.717) is 24.6 Å². The van der Waals surface area contributed by atoms with Crippen molar-refractivity contribution in [3.05, 3.63) is 29.3 Å². The first kappa shape index (κ1) is 22.9. The number of nitrogens with zero attached hydrogens (tertiary/aromatic N) is 3. The molecule has 1 saturated carbocycles. The van der Waals surface area contributed by atoms with Crippen LogP contribution in [0.2, 0.25) is 0 Å². The normalized spacial score (nSPS) is 17.5. The van der Waals surface area contributed by atoms with E-state index < -0.39 is 0 Å². The van der Waals surface area contributed by atoms with Gasteiger partial charge in [-0.3, -0.25) is 24.5 Å². The lowest BCUT2D eigenvalue weighted by molar-refractivity contribution is -0.144. The van der Waals surface area contributed by atoms with E-state index in [0.717, 1.165) is 36.9 Å². The highest BCUT2D eigenvalue weighted by molar-refractivity contribution is 6.06. The topological polar surface area (TPSA) is 108 Å². The van der Waals surface area contributed by atoms with Crippen molar-refractivity contribution in [3.63, 3.8) is 0 Å². The zero-order valence-corrected chi connectivity index (χ0v) is 19.0. The number of guanidine groups is 1. The number of carbonyl (C=O) groups is 4. The summed E-state index contributed by atoms with van der Waals surface area (Å²) in [6.07, 6.45) is 5.47. The molecule has 0 unspecified atom stereocenters. The molecule has 2 aliphatic heterocycles. The van der Waals surface area contributed by atoms with Gasteiger partial charge in [-0.05, 0) is 36.6 Å². The van der Waals surface area contributed by atoms with E-state index in [4.69, 9.17) is 4.74 Å². The standard InChI is InChI=1S/C24H30N4O5/c1-16(29)33-12-11-28(19-5-3-2-4-6-19)23(32)10-9-21(30)17-7-8-20-18(13-17)14-27-15-22(31)26-24(27)25-20/h7-8,13,19H,2-6,9-12,14-15H2,1H3,(H,25,26,31). The van der Waals surface area contributed by atoms with Crippen LogP contribution in [0.15, 0.2) is 23.2 Å². The Bertz CT molecular complexity index is 983. The van der Waals surface area contributed by atoms with Crippen molar-refractivity contribution in [2.75, 3.05) is 19.7 Å². The quantitative estimate of drug-likeness (QED) is 0.477. The SMILES string of the molecule is CC(=O)OCCN(C(=O)CCC(=O)c1ccc2c(c1)CN1CC(=O)NC1=N2)C1CCCCC1. The van der Waals surface area contributed by atoms with E-state index in [1.165, 1.54) is 13.3 Å². The number of aliphatic imine (C=N–C) groups is 1. The molecule has 4 rings (SSSR count). The van der Waals surface area contributed by atoms with Gasteiger partial charge in [0, 0.05) is 37.9 Å². The third-order valence-corrected chi connectivity index (χ3v) is 6.41. The highest BCUT2D eigenvalue weighted by Crippen LogP contribution is 2.29. The highest BCUT2D eigenvalue weighted by atomic mass is 16.5. The van der Waals surface area contributed by atoms with Crippen LogP contribution in [0.1, 0.15) is 67.8 Å². The lowest BCUT2D eigenvalue weighted by Gasteiger charge is -2.34. The van der Waals surface area contributed by atoms with Gasteiger partial charge in [0.05, 0.1) is 12.2 Å². The Balaban J connectivity index is 1.37. The molecule has 1 N–H and O–H groups in total. The lowest BCUT2D eigenvalue weighted by Crippen LogP contribution is -2.43. The van der Waals surface area contributed by atoms with Crippen molar-refractivity contribution in [1.29, 1.82) is 0 Å². The van der Waals surface area contributed by atoms with Gasteiger partial charge in [0.1, 0.15) is 13.2 Å². The second kappa shape index (κ2) is 10.1. The first-order valence-corrected chi connectivity index (χ1v) is 11.6. The molecular formula is C24H30N4O5. The number of nitrogens with one attached hydrogen (secondary N) is 1. The first-order chi connectivity index (χ1) is 15.9. The number of esters is 1. The number of rotatable bonds is 8. The van der Waals surface area contributed by atoms with Crippen molar-refractivity contribution in [1.82, 2.24) is 15.1 Å². The van der Waals surface area contributed by atoms with Crippen LogP contribution in [0.5, 0.6) is 0 Å². The summed E-state index contributed by atoms with van der Waals surface area (Å²) >= 11 is 0. The van der Waals surface area contributed by atoms with Crippen LogP contribution in [0.4, 0.5) is 5.69 Å². The molecule has 2 fully saturated rings. The Labute approximate surface area is 193 Å². The minimum absolute atomic E-state index is 0.0729. The number of carbonyl (C=O) groups excluding carboxylic acids is 4. The molecule has 2 amide bonds. The number of ether oxygens (including phenoxy) is 1. The van der Waals surface area contributed by atoms with E-state index in [9.17, 15) is 19.2 Å². The van der Waals surface area contributed by atoms with Crippen molar-refractivity contribution in [2.45, 2.75) is 64.5 Å². The van der Waals surface area contributed by atoms with Gasteiger partial charge in [-0.25, -0.2) is 4.99 Å². The van der Waals surface area contributed by atoms with Crippen LogP contribution in [0.25, 0.3) is 0 Å². The maximum atomic E-state index is 13.0. The van der Waals surface area contributed by atoms with Gasteiger partial charge in [-0.15, -0.1) is 0 Å². The predicted molar refractivity (Wildman–Crippen MR) is 121 cm³/mol. The predicted octanol–water partition coefficient (Wildman–Crippen LogP) is 2.31. The number of fused-ring (bicyclic) bond motifs is 2. The minimum atomic E-state index is -0.362. The summed E-state index contributed by atoms with van der Waals surface area (Å²) in [5.74, 6) is -0.0723. The smallest absolute Gasteiger partial charge is 0.302 e. The summed E-state index contributed by atoms with van der Waals surface area (Å²) in [7, 11) is 0. The monoisotopic (exact) mass is 454 g/mol. The Hall–Kier alpha value is -3.23. The third kappa shape index (κ3) is 5.58. The van der Waals surface area contributed by atoms with Crippen LogP contribution >= 0.6 is 0 Å². The van der Waals surface area contributed by atoms with Gasteiger partial charge >= 0.3 is 5.97 Å². The van der Waals surface area contributed by atoms with E-state index in [-0.39, 0.29) is 55.6 Å². The Morgan fingerprint density at radius 3 is 2.70 bits per heavy atom. The Morgan fingerprint density at radius 1 is 1.15 bits per heavy atom. The van der Waals surface area contributed by atoms with Crippen LogP contribution in [0, 0.1) is 0 Å². The second-order valence-corrected chi connectivity index (χ2v) is 8.83. The average Bonchev–Trinajstić information content (AvgIpc) is 3.17. The van der Waals surface area contributed by atoms with E-state index in [2.05, 4.69) is 10.3 Å². The fourth-order valence-electron chi connectivity index (χ4n) is 4.74. The average molecular weight is 455 g/mol. The molecule has 0 atom stereocenters. The van der Waals surface area contributed by atoms with Gasteiger partial charge in [0.2, 0.25) is 17.8 Å². The number of hydrogen-bond acceptors (Lipinski definition) is 7. The Kier molecular flexibility index (Phi) is 7.05. The van der Waals surface area contributed by atoms with Gasteiger partial charge in [0.25, 0.3) is 0 Å². The second-order valence-electron chi connectivity index (χ2n) is 8.83. The van der Waals surface area contributed by atoms with E-state index in [1.807, 2.05) is 11.0 Å². The number of benzene rings is 1. The molecule has 1 aromatic rings. The fourth-order valence-corrected chi connectivity index (χ4v) is 4.74. The largest absolute Gasteiger partial charge is 0.464 e. The molecule has 33 heavy (non-hydrogen) atoms. The van der Waals surface area contributed by atoms with Crippen molar-refractivity contribution < 1.29 is 23.9 Å². The molecule has 3 aliphatic rings. The zero-order valence-electron chi connectivity index (χ0n) is 19.0. The maximum absolute atomic E-state index is 13.0. The highest BCUT2D eigenvalue weighted by Gasteiger charge is 2.30. The van der Waals surface area contributed by atoms with E-state index in [1.54, 1.807) is 17.0 Å². The summed E-state index contributed by atoms with van der Waals surface area (Å²) in [4.78, 5) is 56.7. The molecule has 0 bridgehead atoms. The number of Topliss-reactive ketones (excluding diaryl/α,β-unsaturated/α-hetero) is 1. The zero-order chi connectivity index (χ0) is 23.4. The molecule has 0 aromatic heterocycles. The lowest BCUT2D eigenvalue weighted by atomic mass is 9.93. The van der Waals surface area contributed by atoms with Gasteiger partial charge in [-0.1, -0.05) is 19.3 Å². The van der Waals surface area contributed by atoms with Crippen LogP contribution < -0.4 is 5.32 Å². The molecular weight excluding hydrogens is 424 g/mol. The van der Waals surface area contributed by atoms with Crippen LogP contribution in [-0.2, 0) is 25.7 Å². The molecule has 0 spiro atoms. The molecule has 2 heterocycles. The summed E-state index contributed by atoms with van der Waals surface area (Å²) in [5.41, 5.74) is 2.17. The fraction of sp³-hybridized carbons (Fsp3) is 0.542. The molecule has 0 radical (unpaired) electrons. The summed E-state index contributed by atoms with van der Waals surface area (Å²) in [6, 6.07) is 5.46. The van der Waals surface area contributed by atoms with Crippen molar-refractivity contribution in [2.24, 2.45) is 4.99 Å². The minimum Gasteiger partial charge on any atom is -0.464 e. The van der Waals surface area contributed by atoms with Gasteiger partial charge in [-0.2, -0.15) is 0 Å². The third-order valence-electron chi connectivity index (χ3n) is 6.41. The number of hydrogen-bond donors (Lipinski definition) is 1. The van der Waals surface area contributed by atoms with E-state index >= 15 is 0 Å². The number of ketones is 1. The van der Waals surface area contributed by atoms with Crippen molar-refractivity contribution in [3.8, 4) is 0 Å². The Morgan fingerprint density at radius 2 is 1.94 bits per heavy atom. The molecule has 1 saturated heterocycles. The first-order valence-electron chi connectivity index (χ1n) is 11.6. The molecule has 9 nitrogen and oxygen atoms in total. The maximum Gasteiger partial charge on any atom is 0.302 e. The summed E-state index contributed by atoms with van der Waals surface area (Å²) in [6.45, 7) is 2.66. The molecule has 9 heteroatoms. The van der Waals surface area contributed by atoms with Gasteiger partial charge in [0.15, 0.2) is 5.78 Å². The van der Waals surface area contributed by atoms with Crippen LogP contribution in [0.3, 0.4) is 0 Å². The molecule has 176 valence electrons. The summed E-state index contributed by atoms with van der Waals surface area (Å²) in [5, 5.41) is 2.73. The summed E-state index contributed by atoms with van der Waals surface area (Å²) < 4.78 is 5.06. The number of amides is 2. The molecule has 1 aromatic carbocycles. The van der Waals surface area contributed by atoms with Crippen molar-refractivity contribution >= 4 is 35.2 Å². The van der Waals surface area contributed by atoms with Gasteiger partial charge < -0.3 is 14.5 Å². The molecule has 1 aliphatic carbocycles.